The van der Waals surface area contributed by atoms with E-state index in [1.165, 1.54) is 6.92 Å². The largest absolute Gasteiger partial charge is 0.422 e. The molecule has 2 heterocycles. The van der Waals surface area contributed by atoms with E-state index < -0.39 is 28.3 Å². The molecule has 0 aliphatic rings. The average Bonchev–Trinajstić information content (AvgIpc) is 3.42. The van der Waals surface area contributed by atoms with Crippen molar-refractivity contribution in [3.8, 4) is 0 Å². The van der Waals surface area contributed by atoms with E-state index in [0.717, 1.165) is 16.3 Å². The summed E-state index contributed by atoms with van der Waals surface area (Å²) in [5.74, 6) is -1.54. The number of hydrogen-bond donors (Lipinski definition) is 2. The van der Waals surface area contributed by atoms with Crippen LogP contribution in [0.25, 0.3) is 21.8 Å². The Hall–Kier alpha value is -5.52. The summed E-state index contributed by atoms with van der Waals surface area (Å²) in [5.41, 5.74) is 9.29. The van der Waals surface area contributed by atoms with Crippen LogP contribution in [0.4, 0.5) is 5.69 Å². The number of carbonyl (C=O) groups is 2. The van der Waals surface area contributed by atoms with E-state index in [1.54, 1.807) is 83.4 Å². The third kappa shape index (κ3) is 7.32. The van der Waals surface area contributed by atoms with Crippen molar-refractivity contribution in [1.29, 1.82) is 0 Å². The summed E-state index contributed by atoms with van der Waals surface area (Å²) in [6, 6.07) is 33.7. The highest BCUT2D eigenvalue weighted by Gasteiger charge is 2.23. The maximum Gasteiger partial charge on any atom is 0.358 e. The fourth-order valence-corrected chi connectivity index (χ4v) is 6.58. The molecular weight excluding hydrogens is 616 g/mol. The number of rotatable bonds is 11. The van der Waals surface area contributed by atoms with Crippen LogP contribution in [0.2, 0.25) is 0 Å². The standard InChI is InChI=1S/C36H32N4O6S/c1-24(45-35(41)26-12-6-3-7-13-26)46-36(42)33-20-28-16-17-30(21-37)38-34(28)40(33)22-29-19-31(18-27-14-8-9-15-32(27)29)39-47(43,44)23-25-10-4-2-5-11-25/h2-20,24,39H,21-23,37H2,1H3/t24-/m1/s1. The number of nitrogens with one attached hydrogen (secondary N) is 1. The van der Waals surface area contributed by atoms with Crippen molar-refractivity contribution in [2.75, 3.05) is 4.72 Å². The zero-order valence-electron chi connectivity index (χ0n) is 25.5. The Labute approximate surface area is 271 Å². The SMILES string of the molecule is C[C@H](OC(=O)c1ccccc1)OC(=O)c1cc2ccc(CN)nc2n1Cc1cc(NS(=O)(=O)Cc2ccccc2)cc2ccccc12. The Bertz CT molecular complexity index is 2180. The highest BCUT2D eigenvalue weighted by molar-refractivity contribution is 7.91. The van der Waals surface area contributed by atoms with Crippen LogP contribution >= 0.6 is 0 Å². The van der Waals surface area contributed by atoms with Gasteiger partial charge >= 0.3 is 11.9 Å². The molecular formula is C36H32N4O6S. The highest BCUT2D eigenvalue weighted by Crippen LogP contribution is 2.29. The van der Waals surface area contributed by atoms with Gasteiger partial charge in [-0.2, -0.15) is 0 Å². The molecule has 47 heavy (non-hydrogen) atoms. The van der Waals surface area contributed by atoms with Crippen molar-refractivity contribution in [2.45, 2.75) is 32.1 Å². The number of sulfonamides is 1. The molecule has 0 fully saturated rings. The van der Waals surface area contributed by atoms with E-state index in [2.05, 4.69) is 4.72 Å². The number of nitrogens with two attached hydrogens (primary N) is 1. The van der Waals surface area contributed by atoms with Gasteiger partial charge < -0.3 is 19.8 Å². The van der Waals surface area contributed by atoms with E-state index >= 15 is 0 Å². The molecule has 4 aromatic carbocycles. The molecule has 0 radical (unpaired) electrons. The van der Waals surface area contributed by atoms with Crippen LogP contribution in [0.15, 0.2) is 115 Å². The van der Waals surface area contributed by atoms with Gasteiger partial charge in [-0.3, -0.25) is 4.72 Å². The Kier molecular flexibility index (Phi) is 9.01. The fraction of sp³-hybridized carbons (Fsp3) is 0.139. The van der Waals surface area contributed by atoms with Gasteiger partial charge in [0, 0.05) is 24.5 Å². The Balaban J connectivity index is 1.34. The molecule has 238 valence electrons. The lowest BCUT2D eigenvalue weighted by Crippen LogP contribution is -2.23. The lowest BCUT2D eigenvalue weighted by atomic mass is 10.0. The first-order valence-corrected chi connectivity index (χ1v) is 16.6. The highest BCUT2D eigenvalue weighted by atomic mass is 32.2. The van der Waals surface area contributed by atoms with Crippen molar-refractivity contribution in [1.82, 2.24) is 9.55 Å². The second-order valence-corrected chi connectivity index (χ2v) is 12.7. The second kappa shape index (κ2) is 13.5. The summed E-state index contributed by atoms with van der Waals surface area (Å²) in [6.45, 7) is 1.80. The van der Waals surface area contributed by atoms with Crippen LogP contribution < -0.4 is 10.5 Å². The topological polar surface area (TPSA) is 143 Å². The van der Waals surface area contributed by atoms with E-state index in [0.29, 0.717) is 33.5 Å². The number of ether oxygens (including phenoxy) is 2. The summed E-state index contributed by atoms with van der Waals surface area (Å²) < 4.78 is 41.7. The van der Waals surface area contributed by atoms with Gasteiger partial charge in [-0.25, -0.2) is 23.0 Å². The van der Waals surface area contributed by atoms with E-state index in [1.807, 2.05) is 36.4 Å². The molecule has 6 aromatic rings. The van der Waals surface area contributed by atoms with Gasteiger partial charge in [0.15, 0.2) is 0 Å². The number of aromatic nitrogens is 2. The maximum atomic E-state index is 13.6. The number of carbonyl (C=O) groups excluding carboxylic acids is 2. The number of nitrogens with zero attached hydrogens (tertiary/aromatic N) is 2. The molecule has 2 aromatic heterocycles. The number of hydrogen-bond acceptors (Lipinski definition) is 8. The smallest absolute Gasteiger partial charge is 0.358 e. The third-order valence-electron chi connectivity index (χ3n) is 7.52. The van der Waals surface area contributed by atoms with Crippen LogP contribution in [-0.4, -0.2) is 36.2 Å². The van der Waals surface area contributed by atoms with Crippen LogP contribution in [-0.2, 0) is 38.3 Å². The quantitative estimate of drug-likeness (QED) is 0.129. The predicted octanol–water partition coefficient (Wildman–Crippen LogP) is 6.00. The van der Waals surface area contributed by atoms with Gasteiger partial charge in [0.2, 0.25) is 16.3 Å². The molecule has 1 atom stereocenters. The van der Waals surface area contributed by atoms with Gasteiger partial charge in [0.05, 0.1) is 23.6 Å². The Morgan fingerprint density at radius 1 is 0.830 bits per heavy atom. The van der Waals surface area contributed by atoms with Crippen molar-refractivity contribution in [2.24, 2.45) is 5.73 Å². The van der Waals surface area contributed by atoms with Crippen LogP contribution in [0.1, 0.15) is 44.6 Å². The maximum absolute atomic E-state index is 13.6. The van der Waals surface area contributed by atoms with Crippen molar-refractivity contribution in [3.63, 3.8) is 0 Å². The molecule has 11 heteroatoms. The molecule has 10 nitrogen and oxygen atoms in total. The van der Waals surface area contributed by atoms with Gasteiger partial charge in [-0.1, -0.05) is 72.8 Å². The molecule has 3 N–H and O–H groups in total. The fourth-order valence-electron chi connectivity index (χ4n) is 5.40. The van der Waals surface area contributed by atoms with E-state index in [9.17, 15) is 18.0 Å². The molecule has 0 unspecified atom stereocenters. The first-order chi connectivity index (χ1) is 22.7. The Morgan fingerprint density at radius 2 is 1.51 bits per heavy atom. The second-order valence-electron chi connectivity index (χ2n) is 11.0. The molecule has 0 saturated heterocycles. The lowest BCUT2D eigenvalue weighted by Gasteiger charge is -2.17. The zero-order chi connectivity index (χ0) is 33.0. The van der Waals surface area contributed by atoms with Crippen LogP contribution in [0, 0.1) is 0 Å². The average molecular weight is 649 g/mol. The summed E-state index contributed by atoms with van der Waals surface area (Å²) in [5, 5.41) is 2.34. The zero-order valence-corrected chi connectivity index (χ0v) is 26.3. The first kappa shape index (κ1) is 31.5. The minimum atomic E-state index is -3.74. The van der Waals surface area contributed by atoms with E-state index in [-0.39, 0.29) is 24.5 Å². The molecule has 0 spiro atoms. The normalized spacial score (nSPS) is 12.1. The van der Waals surface area contributed by atoms with Crippen molar-refractivity contribution in [3.05, 3.63) is 143 Å². The van der Waals surface area contributed by atoms with Crippen molar-refractivity contribution >= 4 is 49.5 Å². The minimum absolute atomic E-state index is 0.141. The van der Waals surface area contributed by atoms with Gasteiger partial charge in [0.1, 0.15) is 11.3 Å². The summed E-state index contributed by atoms with van der Waals surface area (Å²) in [7, 11) is -3.74. The van der Waals surface area contributed by atoms with Crippen molar-refractivity contribution < 1.29 is 27.5 Å². The number of esters is 2. The summed E-state index contributed by atoms with van der Waals surface area (Å²) in [4.78, 5) is 30.9. The van der Waals surface area contributed by atoms with Crippen LogP contribution in [0.3, 0.4) is 0 Å². The molecule has 6 rings (SSSR count). The number of pyridine rings is 1. The number of anilines is 1. The first-order valence-electron chi connectivity index (χ1n) is 14.9. The number of fused-ring (bicyclic) bond motifs is 2. The monoisotopic (exact) mass is 648 g/mol. The molecule has 0 aliphatic carbocycles. The lowest BCUT2D eigenvalue weighted by molar-refractivity contribution is -0.0696. The predicted molar refractivity (Wildman–Crippen MR) is 180 cm³/mol. The van der Waals surface area contributed by atoms with Crippen LogP contribution in [0.5, 0.6) is 0 Å². The summed E-state index contributed by atoms with van der Waals surface area (Å²) in [6.07, 6.45) is -1.18. The van der Waals surface area contributed by atoms with E-state index in [4.69, 9.17) is 20.2 Å². The Morgan fingerprint density at radius 3 is 2.26 bits per heavy atom. The van der Waals surface area contributed by atoms with Gasteiger partial charge in [0.25, 0.3) is 0 Å². The molecule has 0 saturated carbocycles. The van der Waals surface area contributed by atoms with Gasteiger partial charge in [-0.15, -0.1) is 0 Å². The molecule has 0 amide bonds. The molecule has 0 aliphatic heterocycles. The molecule has 0 bridgehead atoms. The van der Waals surface area contributed by atoms with Gasteiger partial charge in [-0.05, 0) is 64.4 Å². The number of benzene rings is 4. The minimum Gasteiger partial charge on any atom is -0.422 e. The third-order valence-corrected chi connectivity index (χ3v) is 8.78. The summed E-state index contributed by atoms with van der Waals surface area (Å²) >= 11 is 0.